The minimum atomic E-state index is -3.49. The molecule has 5 nitrogen and oxygen atoms in total. The highest BCUT2D eigenvalue weighted by Gasteiger charge is 2.13. The molecule has 0 aliphatic rings. The van der Waals surface area contributed by atoms with Crippen molar-refractivity contribution >= 4 is 37.3 Å². The van der Waals surface area contributed by atoms with Gasteiger partial charge in [-0.1, -0.05) is 22.0 Å². The van der Waals surface area contributed by atoms with Crippen LogP contribution >= 0.6 is 27.3 Å². The lowest BCUT2D eigenvalue weighted by Gasteiger charge is -2.07. The van der Waals surface area contributed by atoms with Gasteiger partial charge < -0.3 is 0 Å². The zero-order chi connectivity index (χ0) is 16.3. The predicted molar refractivity (Wildman–Crippen MR) is 94.9 cm³/mol. The maximum atomic E-state index is 12.2. The molecule has 8 heteroatoms. The second kappa shape index (κ2) is 6.96. The van der Waals surface area contributed by atoms with Crippen LogP contribution in [-0.2, 0) is 16.6 Å². The van der Waals surface area contributed by atoms with Crippen LogP contribution in [0.4, 0.5) is 0 Å². The zero-order valence-electron chi connectivity index (χ0n) is 12.0. The lowest BCUT2D eigenvalue weighted by molar-refractivity contribution is 0.561. The highest BCUT2D eigenvalue weighted by Crippen LogP contribution is 2.22. The van der Waals surface area contributed by atoms with E-state index in [1.54, 1.807) is 40.3 Å². The van der Waals surface area contributed by atoms with Crippen molar-refractivity contribution in [2.24, 2.45) is 0 Å². The summed E-state index contributed by atoms with van der Waals surface area (Å²) in [5.74, 6) is 0. The van der Waals surface area contributed by atoms with Crippen LogP contribution in [0.15, 0.2) is 63.4 Å². The van der Waals surface area contributed by atoms with Gasteiger partial charge in [0.2, 0.25) is 10.0 Å². The summed E-state index contributed by atoms with van der Waals surface area (Å²) in [6, 6.07) is 12.4. The van der Waals surface area contributed by atoms with E-state index < -0.39 is 10.0 Å². The topological polar surface area (TPSA) is 64.0 Å². The molecule has 1 N–H and O–H groups in total. The molecule has 0 aliphatic heterocycles. The Kier molecular flexibility index (Phi) is 4.96. The third kappa shape index (κ3) is 4.08. The van der Waals surface area contributed by atoms with Gasteiger partial charge in [0, 0.05) is 17.2 Å². The molecular formula is C15H14BrN3O2S2. The van der Waals surface area contributed by atoms with Crippen molar-refractivity contribution in [3.05, 3.63) is 58.5 Å². The highest BCUT2D eigenvalue weighted by atomic mass is 79.9. The van der Waals surface area contributed by atoms with Crippen LogP contribution in [0.2, 0.25) is 0 Å². The van der Waals surface area contributed by atoms with Crippen LogP contribution in [0, 0.1) is 0 Å². The number of aromatic nitrogens is 2. The number of sulfonamides is 1. The van der Waals surface area contributed by atoms with E-state index in [4.69, 9.17) is 0 Å². The number of nitrogens with zero attached hydrogens (tertiary/aromatic N) is 2. The molecule has 0 aliphatic carbocycles. The molecule has 2 aromatic heterocycles. The first-order valence-electron chi connectivity index (χ1n) is 6.87. The smallest absolute Gasteiger partial charge is 0.240 e. The number of hydrogen-bond donors (Lipinski definition) is 1. The zero-order valence-corrected chi connectivity index (χ0v) is 15.2. The van der Waals surface area contributed by atoms with Crippen molar-refractivity contribution in [2.75, 3.05) is 6.54 Å². The van der Waals surface area contributed by atoms with Crippen molar-refractivity contribution in [3.63, 3.8) is 0 Å². The Hall–Kier alpha value is -1.48. The average Bonchev–Trinajstić information content (AvgIpc) is 3.18. The third-order valence-electron chi connectivity index (χ3n) is 3.17. The van der Waals surface area contributed by atoms with Crippen LogP contribution in [0.5, 0.6) is 0 Å². The van der Waals surface area contributed by atoms with Gasteiger partial charge in [0.15, 0.2) is 0 Å². The number of benzene rings is 1. The Labute approximate surface area is 147 Å². The molecule has 120 valence electrons. The SMILES string of the molecule is O=S(=O)(NCCn1ccc(-c2cccs2)n1)c1ccc(Br)cc1. The Morgan fingerprint density at radius 2 is 1.96 bits per heavy atom. The lowest BCUT2D eigenvalue weighted by atomic mass is 10.3. The maximum absolute atomic E-state index is 12.2. The van der Waals surface area contributed by atoms with Gasteiger partial charge in [-0.05, 0) is 41.8 Å². The summed E-state index contributed by atoms with van der Waals surface area (Å²) < 4.78 is 29.5. The quantitative estimate of drug-likeness (QED) is 0.676. The van der Waals surface area contributed by atoms with Crippen molar-refractivity contribution in [1.29, 1.82) is 0 Å². The van der Waals surface area contributed by atoms with Gasteiger partial charge >= 0.3 is 0 Å². The van der Waals surface area contributed by atoms with E-state index in [0.717, 1.165) is 15.0 Å². The van der Waals surface area contributed by atoms with E-state index in [-0.39, 0.29) is 11.4 Å². The normalized spacial score (nSPS) is 11.7. The molecular weight excluding hydrogens is 398 g/mol. The molecule has 0 bridgehead atoms. The maximum Gasteiger partial charge on any atom is 0.240 e. The van der Waals surface area contributed by atoms with Gasteiger partial charge in [0.25, 0.3) is 0 Å². The van der Waals surface area contributed by atoms with E-state index in [1.807, 2.05) is 29.8 Å². The molecule has 3 rings (SSSR count). The first-order valence-corrected chi connectivity index (χ1v) is 10.0. The number of nitrogens with one attached hydrogen (secondary N) is 1. The molecule has 0 saturated heterocycles. The van der Waals surface area contributed by atoms with Gasteiger partial charge in [0.05, 0.1) is 16.3 Å². The van der Waals surface area contributed by atoms with Crippen molar-refractivity contribution in [2.45, 2.75) is 11.4 Å². The van der Waals surface area contributed by atoms with Gasteiger partial charge in [-0.3, -0.25) is 4.68 Å². The Morgan fingerprint density at radius 3 is 2.65 bits per heavy atom. The molecule has 0 atom stereocenters. The number of halogens is 1. The van der Waals surface area contributed by atoms with Crippen molar-refractivity contribution in [3.8, 4) is 10.6 Å². The van der Waals surface area contributed by atoms with Gasteiger partial charge in [0.1, 0.15) is 5.69 Å². The number of thiophene rings is 1. The van der Waals surface area contributed by atoms with Gasteiger partial charge in [-0.25, -0.2) is 13.1 Å². The van der Waals surface area contributed by atoms with Gasteiger partial charge in [-0.15, -0.1) is 11.3 Å². The van der Waals surface area contributed by atoms with E-state index >= 15 is 0 Å². The highest BCUT2D eigenvalue weighted by molar-refractivity contribution is 9.10. The van der Waals surface area contributed by atoms with E-state index in [1.165, 1.54) is 0 Å². The van der Waals surface area contributed by atoms with Crippen molar-refractivity contribution < 1.29 is 8.42 Å². The predicted octanol–water partition coefficient (Wildman–Crippen LogP) is 3.35. The molecule has 0 fully saturated rings. The summed E-state index contributed by atoms with van der Waals surface area (Å²) in [6.45, 7) is 0.755. The molecule has 0 radical (unpaired) electrons. The molecule has 23 heavy (non-hydrogen) atoms. The Bertz CT molecular complexity index is 872. The second-order valence-electron chi connectivity index (χ2n) is 4.79. The van der Waals surface area contributed by atoms with Crippen LogP contribution in [0.1, 0.15) is 0 Å². The molecule has 0 unspecified atom stereocenters. The summed E-state index contributed by atoms with van der Waals surface area (Å²) in [5.41, 5.74) is 0.899. The minimum Gasteiger partial charge on any atom is -0.271 e. The first-order chi connectivity index (χ1) is 11.0. The summed E-state index contributed by atoms with van der Waals surface area (Å²) in [5, 5.41) is 6.44. The molecule has 0 saturated carbocycles. The molecule has 1 aromatic carbocycles. The summed E-state index contributed by atoms with van der Waals surface area (Å²) >= 11 is 4.91. The van der Waals surface area contributed by atoms with E-state index in [0.29, 0.717) is 6.54 Å². The molecule has 0 amide bonds. The van der Waals surface area contributed by atoms with Crippen LogP contribution in [-0.4, -0.2) is 24.7 Å². The molecule has 2 heterocycles. The monoisotopic (exact) mass is 411 g/mol. The van der Waals surface area contributed by atoms with E-state index in [9.17, 15) is 8.42 Å². The van der Waals surface area contributed by atoms with Gasteiger partial charge in [-0.2, -0.15) is 5.10 Å². The fraction of sp³-hybridized carbons (Fsp3) is 0.133. The first kappa shape index (κ1) is 16.4. The Balaban J connectivity index is 1.60. The van der Waals surface area contributed by atoms with Crippen LogP contribution in [0.3, 0.4) is 0 Å². The summed E-state index contributed by atoms with van der Waals surface area (Å²) in [7, 11) is -3.49. The minimum absolute atomic E-state index is 0.250. The number of hydrogen-bond acceptors (Lipinski definition) is 4. The van der Waals surface area contributed by atoms with E-state index in [2.05, 4.69) is 25.8 Å². The standard InChI is InChI=1S/C15H14BrN3O2S2/c16-12-3-5-13(6-4-12)23(20,21)17-8-10-19-9-7-14(18-19)15-2-1-11-22-15/h1-7,9,11,17H,8,10H2. The van der Waals surface area contributed by atoms with Crippen LogP contribution in [0.25, 0.3) is 10.6 Å². The van der Waals surface area contributed by atoms with Crippen LogP contribution < -0.4 is 4.72 Å². The lowest BCUT2D eigenvalue weighted by Crippen LogP contribution is -2.27. The Morgan fingerprint density at radius 1 is 1.17 bits per heavy atom. The van der Waals surface area contributed by atoms with Crippen molar-refractivity contribution in [1.82, 2.24) is 14.5 Å². The molecule has 3 aromatic rings. The summed E-state index contributed by atoms with van der Waals surface area (Å²) in [6.07, 6.45) is 1.85. The summed E-state index contributed by atoms with van der Waals surface area (Å²) in [4.78, 5) is 1.35. The largest absolute Gasteiger partial charge is 0.271 e. The fourth-order valence-corrected chi connectivity index (χ4v) is 4.01. The second-order valence-corrected chi connectivity index (χ2v) is 8.42. The number of rotatable bonds is 6. The molecule has 0 spiro atoms. The fourth-order valence-electron chi connectivity index (χ4n) is 2.03. The third-order valence-corrected chi connectivity index (χ3v) is 6.07. The average molecular weight is 412 g/mol.